The number of rotatable bonds is 12. The maximum atomic E-state index is 13.0. The van der Waals surface area contributed by atoms with Crippen LogP contribution in [0.15, 0.2) is 108 Å². The van der Waals surface area contributed by atoms with Crippen LogP contribution in [0.25, 0.3) is 5.69 Å². The highest BCUT2D eigenvalue weighted by molar-refractivity contribution is 5.54. The lowest BCUT2D eigenvalue weighted by molar-refractivity contribution is -0.190. The van der Waals surface area contributed by atoms with Gasteiger partial charge in [0.2, 0.25) is 5.79 Å². The Bertz CT molecular complexity index is 1790. The standard InChI is InChI=1S/C37H43N7O4/c1-3-30(4-2)44-36(45)43(28-39-44)33-13-11-31(12-14-33)40-21-23-41(24-22-40)32-15-17-34(18-16-32)46-25-35-26-47-37(48-35,27-42-20-8-19-38-42)29-9-6-5-7-10-29/h5-20,28,30,35H,3-4,21-27H2,1-2H3/t35-,37-/m1/s1. The third-order valence-electron chi connectivity index (χ3n) is 9.39. The second kappa shape index (κ2) is 14.1. The summed E-state index contributed by atoms with van der Waals surface area (Å²) in [5, 5.41) is 8.74. The van der Waals surface area contributed by atoms with E-state index in [9.17, 15) is 4.79 Å². The highest BCUT2D eigenvalue weighted by atomic mass is 16.8. The Morgan fingerprint density at radius 3 is 2.10 bits per heavy atom. The van der Waals surface area contributed by atoms with Crippen molar-refractivity contribution < 1.29 is 14.2 Å². The Hall–Kier alpha value is -4.87. The van der Waals surface area contributed by atoms with Gasteiger partial charge in [0.25, 0.3) is 0 Å². The first-order valence-electron chi connectivity index (χ1n) is 16.9. The van der Waals surface area contributed by atoms with E-state index in [0.29, 0.717) is 19.8 Å². The summed E-state index contributed by atoms with van der Waals surface area (Å²) in [6, 6.07) is 28.5. The van der Waals surface area contributed by atoms with Crippen molar-refractivity contribution in [3.8, 4) is 11.4 Å². The summed E-state index contributed by atoms with van der Waals surface area (Å²) in [5.74, 6) is -0.110. The number of anilines is 2. The van der Waals surface area contributed by atoms with E-state index < -0.39 is 5.79 Å². The second-order valence-corrected chi connectivity index (χ2v) is 12.4. The third kappa shape index (κ3) is 6.61. The number of hydrogen-bond acceptors (Lipinski definition) is 8. The van der Waals surface area contributed by atoms with E-state index in [4.69, 9.17) is 14.2 Å². The molecule has 2 atom stereocenters. The van der Waals surface area contributed by atoms with Crippen LogP contribution in [0.3, 0.4) is 0 Å². The Morgan fingerprint density at radius 1 is 0.833 bits per heavy atom. The molecular formula is C37H43N7O4. The highest BCUT2D eigenvalue weighted by Crippen LogP contribution is 2.36. The lowest BCUT2D eigenvalue weighted by Crippen LogP contribution is -2.46. The van der Waals surface area contributed by atoms with E-state index in [1.54, 1.807) is 21.8 Å². The fraction of sp³-hybridized carbons (Fsp3) is 0.378. The van der Waals surface area contributed by atoms with E-state index in [2.05, 4.69) is 58.1 Å². The minimum absolute atomic E-state index is 0.0890. The molecule has 2 fully saturated rings. The van der Waals surface area contributed by atoms with Crippen LogP contribution in [0, 0.1) is 0 Å². The SMILES string of the molecule is CCC(CC)n1ncn(-c2ccc(N3CCN(c4ccc(OC[C@@H]5CO[C@@](Cn6cccn6)(c6ccccc6)O5)cc4)CC3)cc2)c1=O. The van der Waals surface area contributed by atoms with Crippen LogP contribution in [0.5, 0.6) is 5.75 Å². The van der Waals surface area contributed by atoms with Gasteiger partial charge in [-0.05, 0) is 67.4 Å². The van der Waals surface area contributed by atoms with Crippen LogP contribution in [0.1, 0.15) is 38.3 Å². The van der Waals surface area contributed by atoms with E-state index in [1.807, 2.05) is 71.5 Å². The third-order valence-corrected chi connectivity index (χ3v) is 9.39. The molecule has 5 aromatic rings. The summed E-state index contributed by atoms with van der Waals surface area (Å²) in [6.45, 7) is 9.09. The molecule has 4 heterocycles. The Kier molecular flexibility index (Phi) is 9.31. The summed E-state index contributed by atoms with van der Waals surface area (Å²) >= 11 is 0. The van der Waals surface area contributed by atoms with Crippen molar-refractivity contribution >= 4 is 11.4 Å². The van der Waals surface area contributed by atoms with E-state index in [0.717, 1.165) is 61.7 Å². The molecular weight excluding hydrogens is 606 g/mol. The molecule has 2 saturated heterocycles. The predicted molar refractivity (Wildman–Crippen MR) is 185 cm³/mol. The van der Waals surface area contributed by atoms with Crippen LogP contribution in [0.4, 0.5) is 11.4 Å². The van der Waals surface area contributed by atoms with Gasteiger partial charge >= 0.3 is 5.69 Å². The van der Waals surface area contributed by atoms with Gasteiger partial charge in [0, 0.05) is 55.5 Å². The maximum Gasteiger partial charge on any atom is 0.350 e. The predicted octanol–water partition coefficient (Wildman–Crippen LogP) is 5.27. The molecule has 0 amide bonds. The van der Waals surface area contributed by atoms with E-state index in [1.165, 1.54) is 5.69 Å². The zero-order valence-electron chi connectivity index (χ0n) is 27.6. The summed E-state index contributed by atoms with van der Waals surface area (Å²) < 4.78 is 24.0. The van der Waals surface area contributed by atoms with Crippen molar-refractivity contribution in [1.29, 1.82) is 0 Å². The average Bonchev–Trinajstić information content (AvgIpc) is 3.90. The zero-order chi connectivity index (χ0) is 32.9. The zero-order valence-corrected chi connectivity index (χ0v) is 27.6. The van der Waals surface area contributed by atoms with Crippen LogP contribution < -0.4 is 20.2 Å². The van der Waals surface area contributed by atoms with Crippen molar-refractivity contribution in [2.75, 3.05) is 49.2 Å². The fourth-order valence-corrected chi connectivity index (χ4v) is 6.64. The molecule has 0 spiro atoms. The summed E-state index contributed by atoms with van der Waals surface area (Å²) in [7, 11) is 0. The number of ether oxygens (including phenoxy) is 3. The molecule has 11 nitrogen and oxygen atoms in total. The van der Waals surface area contributed by atoms with Gasteiger partial charge in [-0.25, -0.2) is 14.0 Å². The van der Waals surface area contributed by atoms with Crippen molar-refractivity contribution in [3.63, 3.8) is 0 Å². The Morgan fingerprint density at radius 2 is 1.48 bits per heavy atom. The first-order valence-corrected chi connectivity index (χ1v) is 16.9. The molecule has 3 aromatic carbocycles. The van der Waals surface area contributed by atoms with Crippen molar-refractivity contribution in [1.82, 2.24) is 24.1 Å². The molecule has 0 unspecified atom stereocenters. The van der Waals surface area contributed by atoms with Crippen molar-refractivity contribution in [2.24, 2.45) is 0 Å². The first kappa shape index (κ1) is 31.7. The molecule has 0 saturated carbocycles. The molecule has 0 aliphatic carbocycles. The van der Waals surface area contributed by atoms with Gasteiger partial charge < -0.3 is 24.0 Å². The van der Waals surface area contributed by atoms with E-state index in [-0.39, 0.29) is 17.8 Å². The summed E-state index contributed by atoms with van der Waals surface area (Å²) in [5.41, 5.74) is 4.03. The van der Waals surface area contributed by atoms with Gasteiger partial charge in [-0.2, -0.15) is 10.2 Å². The Balaban J connectivity index is 0.912. The molecule has 0 bridgehead atoms. The van der Waals surface area contributed by atoms with Gasteiger partial charge in [-0.1, -0.05) is 44.2 Å². The monoisotopic (exact) mass is 649 g/mol. The minimum Gasteiger partial charge on any atom is -0.491 e. The molecule has 2 aliphatic heterocycles. The lowest BCUT2D eigenvalue weighted by atomic mass is 10.1. The molecule has 7 rings (SSSR count). The fourth-order valence-electron chi connectivity index (χ4n) is 6.64. The number of piperazine rings is 1. The van der Waals surface area contributed by atoms with Crippen LogP contribution in [-0.2, 0) is 21.8 Å². The van der Waals surface area contributed by atoms with Crippen LogP contribution >= 0.6 is 0 Å². The highest BCUT2D eigenvalue weighted by Gasteiger charge is 2.44. The van der Waals surface area contributed by atoms with E-state index >= 15 is 0 Å². The van der Waals surface area contributed by atoms with Crippen LogP contribution in [0.2, 0.25) is 0 Å². The molecule has 2 aromatic heterocycles. The number of benzene rings is 3. The molecule has 0 N–H and O–H groups in total. The lowest BCUT2D eigenvalue weighted by Gasteiger charge is -2.37. The van der Waals surface area contributed by atoms with Crippen LogP contribution in [-0.4, -0.2) is 69.6 Å². The van der Waals surface area contributed by atoms with Gasteiger partial charge in [0.1, 0.15) is 24.8 Å². The number of aromatic nitrogens is 5. The maximum absolute atomic E-state index is 13.0. The van der Waals surface area contributed by atoms with Gasteiger partial charge in [0.15, 0.2) is 0 Å². The summed E-state index contributed by atoms with van der Waals surface area (Å²) in [6.07, 6.45) is 6.85. The smallest absolute Gasteiger partial charge is 0.350 e. The van der Waals surface area contributed by atoms with Crippen molar-refractivity contribution in [2.45, 2.75) is 51.2 Å². The average molecular weight is 650 g/mol. The molecule has 0 radical (unpaired) electrons. The Labute approximate surface area is 280 Å². The first-order chi connectivity index (χ1) is 23.5. The summed E-state index contributed by atoms with van der Waals surface area (Å²) in [4.78, 5) is 17.7. The minimum atomic E-state index is -0.911. The quantitative estimate of drug-likeness (QED) is 0.181. The molecule has 48 heavy (non-hydrogen) atoms. The largest absolute Gasteiger partial charge is 0.491 e. The number of hydrogen-bond donors (Lipinski definition) is 0. The number of nitrogens with zero attached hydrogens (tertiary/aromatic N) is 7. The molecule has 11 heteroatoms. The second-order valence-electron chi connectivity index (χ2n) is 12.4. The topological polar surface area (TPSA) is 91.8 Å². The molecule has 250 valence electrons. The normalized spacial score (nSPS) is 19.7. The van der Waals surface area contributed by atoms with Crippen molar-refractivity contribution in [3.05, 3.63) is 120 Å². The molecule has 2 aliphatic rings. The van der Waals surface area contributed by atoms with Gasteiger partial charge in [-0.15, -0.1) is 0 Å². The van der Waals surface area contributed by atoms with Gasteiger partial charge in [0.05, 0.1) is 24.9 Å². The van der Waals surface area contributed by atoms with Gasteiger partial charge in [-0.3, -0.25) is 4.68 Å².